The summed E-state index contributed by atoms with van der Waals surface area (Å²) in [5, 5.41) is 3.77. The van der Waals surface area contributed by atoms with Crippen LogP contribution >= 0.6 is 15.9 Å². The summed E-state index contributed by atoms with van der Waals surface area (Å²) in [5.41, 5.74) is 1.39. The quantitative estimate of drug-likeness (QED) is 0.835. The van der Waals surface area contributed by atoms with Crippen LogP contribution in [0.5, 0.6) is 0 Å². The second-order valence-corrected chi connectivity index (χ2v) is 7.08. The Morgan fingerprint density at radius 1 is 1.40 bits per heavy atom. The lowest BCUT2D eigenvalue weighted by molar-refractivity contribution is 0.262. The third-order valence-corrected chi connectivity index (χ3v) is 4.85. The number of hydrogen-bond acceptors (Lipinski definition) is 2. The van der Waals surface area contributed by atoms with Crippen LogP contribution in [0.15, 0.2) is 28.7 Å². The summed E-state index contributed by atoms with van der Waals surface area (Å²) in [6, 6.07) is 9.83. The Balaban J connectivity index is 1.86. The molecule has 1 aromatic carbocycles. The van der Waals surface area contributed by atoms with Crippen molar-refractivity contribution < 1.29 is 0 Å². The Labute approximate surface area is 132 Å². The molecule has 1 aliphatic rings. The average Bonchev–Trinajstić information content (AvgIpc) is 2.88. The van der Waals surface area contributed by atoms with E-state index in [1.54, 1.807) is 0 Å². The minimum absolute atomic E-state index is 0.473. The Bertz CT molecular complexity index is 419. The first-order chi connectivity index (χ1) is 9.60. The van der Waals surface area contributed by atoms with E-state index in [1.165, 1.54) is 29.5 Å². The second kappa shape index (κ2) is 7.58. The molecule has 2 nitrogen and oxygen atoms in total. The monoisotopic (exact) mass is 338 g/mol. The molecule has 0 aromatic heterocycles. The summed E-state index contributed by atoms with van der Waals surface area (Å²) < 4.78 is 1.17. The van der Waals surface area contributed by atoms with Crippen LogP contribution in [-0.4, -0.2) is 30.6 Å². The number of rotatable bonds is 6. The molecule has 2 atom stereocenters. The van der Waals surface area contributed by atoms with Crippen LogP contribution < -0.4 is 5.32 Å². The van der Waals surface area contributed by atoms with Crippen LogP contribution in [0.1, 0.15) is 45.2 Å². The molecule has 3 heteroatoms. The number of hydrogen-bond donors (Lipinski definition) is 1. The van der Waals surface area contributed by atoms with E-state index in [2.05, 4.69) is 71.2 Å². The van der Waals surface area contributed by atoms with Gasteiger partial charge in [-0.1, -0.05) is 35.0 Å². The molecule has 1 aromatic rings. The van der Waals surface area contributed by atoms with Crippen molar-refractivity contribution >= 4 is 15.9 Å². The van der Waals surface area contributed by atoms with Crippen molar-refractivity contribution in [1.82, 2.24) is 10.2 Å². The van der Waals surface area contributed by atoms with Crippen molar-refractivity contribution in [3.8, 4) is 0 Å². The Kier molecular flexibility index (Phi) is 6.06. The lowest BCUT2D eigenvalue weighted by Gasteiger charge is -2.22. The molecular formula is C17H27BrN2. The van der Waals surface area contributed by atoms with E-state index in [-0.39, 0.29) is 0 Å². The Morgan fingerprint density at radius 3 is 2.80 bits per heavy atom. The fourth-order valence-electron chi connectivity index (χ4n) is 3.03. The standard InChI is InChI=1S/C17H27BrN2/c1-4-17(15-6-5-7-16(18)10-15)19-11-14-8-9-20(12-14)13(2)3/h5-7,10,13-14,17,19H,4,8-9,11-12H2,1-3H3. The predicted octanol–water partition coefficient (Wildman–Crippen LogP) is 4.22. The highest BCUT2D eigenvalue weighted by Crippen LogP contribution is 2.23. The fourth-order valence-corrected chi connectivity index (χ4v) is 3.45. The zero-order chi connectivity index (χ0) is 14.5. The van der Waals surface area contributed by atoms with Crippen molar-refractivity contribution in [2.24, 2.45) is 5.92 Å². The molecule has 2 unspecified atom stereocenters. The third kappa shape index (κ3) is 4.31. The van der Waals surface area contributed by atoms with Crippen LogP contribution in [0.3, 0.4) is 0 Å². The van der Waals surface area contributed by atoms with Crippen molar-refractivity contribution in [3.63, 3.8) is 0 Å². The summed E-state index contributed by atoms with van der Waals surface area (Å²) in [6.45, 7) is 10.5. The SMILES string of the molecule is CCC(NCC1CCN(C(C)C)C1)c1cccc(Br)c1. The number of nitrogens with one attached hydrogen (secondary N) is 1. The second-order valence-electron chi connectivity index (χ2n) is 6.17. The van der Waals surface area contributed by atoms with Crippen LogP contribution in [0.2, 0.25) is 0 Å². The molecule has 1 N–H and O–H groups in total. The molecule has 0 amide bonds. The maximum atomic E-state index is 3.77. The van der Waals surface area contributed by atoms with Crippen LogP contribution in [0.4, 0.5) is 0 Å². The molecule has 1 saturated heterocycles. The van der Waals surface area contributed by atoms with E-state index in [0.717, 1.165) is 18.9 Å². The number of nitrogens with zero attached hydrogens (tertiary/aromatic N) is 1. The van der Waals surface area contributed by atoms with Crippen molar-refractivity contribution in [2.75, 3.05) is 19.6 Å². The number of likely N-dealkylation sites (tertiary alicyclic amines) is 1. The first kappa shape index (κ1) is 16.0. The summed E-state index contributed by atoms with van der Waals surface area (Å²) in [7, 11) is 0. The molecule has 0 bridgehead atoms. The highest BCUT2D eigenvalue weighted by molar-refractivity contribution is 9.10. The van der Waals surface area contributed by atoms with Crippen molar-refractivity contribution in [3.05, 3.63) is 34.3 Å². The summed E-state index contributed by atoms with van der Waals surface area (Å²) >= 11 is 3.57. The highest BCUT2D eigenvalue weighted by Gasteiger charge is 2.24. The molecule has 0 saturated carbocycles. The van der Waals surface area contributed by atoms with E-state index < -0.39 is 0 Å². The van der Waals surface area contributed by atoms with Gasteiger partial charge in [0, 0.05) is 23.1 Å². The number of halogens is 1. The maximum Gasteiger partial charge on any atom is 0.0318 e. The lowest BCUT2D eigenvalue weighted by Crippen LogP contribution is -2.31. The van der Waals surface area contributed by atoms with Gasteiger partial charge in [-0.05, 0) is 63.4 Å². The van der Waals surface area contributed by atoms with E-state index in [4.69, 9.17) is 0 Å². The normalized spacial score (nSPS) is 21.6. The minimum atomic E-state index is 0.473. The van der Waals surface area contributed by atoms with E-state index in [9.17, 15) is 0 Å². The van der Waals surface area contributed by atoms with Gasteiger partial charge in [-0.15, -0.1) is 0 Å². The van der Waals surface area contributed by atoms with Gasteiger partial charge in [0.25, 0.3) is 0 Å². The van der Waals surface area contributed by atoms with Crippen LogP contribution in [0.25, 0.3) is 0 Å². The van der Waals surface area contributed by atoms with Gasteiger partial charge in [-0.2, -0.15) is 0 Å². The van der Waals surface area contributed by atoms with Crippen molar-refractivity contribution in [2.45, 2.75) is 45.7 Å². The van der Waals surface area contributed by atoms with Gasteiger partial charge < -0.3 is 10.2 Å². The van der Waals surface area contributed by atoms with Gasteiger partial charge in [0.1, 0.15) is 0 Å². The molecule has 0 spiro atoms. The molecule has 1 aliphatic heterocycles. The van der Waals surface area contributed by atoms with E-state index in [1.807, 2.05) is 0 Å². The fraction of sp³-hybridized carbons (Fsp3) is 0.647. The van der Waals surface area contributed by atoms with Gasteiger partial charge in [0.15, 0.2) is 0 Å². The zero-order valence-electron chi connectivity index (χ0n) is 12.9. The molecule has 20 heavy (non-hydrogen) atoms. The maximum absolute atomic E-state index is 3.77. The topological polar surface area (TPSA) is 15.3 Å². The van der Waals surface area contributed by atoms with Crippen molar-refractivity contribution in [1.29, 1.82) is 0 Å². The molecular weight excluding hydrogens is 312 g/mol. The molecule has 1 fully saturated rings. The lowest BCUT2D eigenvalue weighted by atomic mass is 10.0. The third-order valence-electron chi connectivity index (χ3n) is 4.36. The highest BCUT2D eigenvalue weighted by atomic mass is 79.9. The zero-order valence-corrected chi connectivity index (χ0v) is 14.5. The minimum Gasteiger partial charge on any atom is -0.310 e. The smallest absolute Gasteiger partial charge is 0.0318 e. The number of benzene rings is 1. The average molecular weight is 339 g/mol. The molecule has 112 valence electrons. The summed E-state index contributed by atoms with van der Waals surface area (Å²) in [5.74, 6) is 0.804. The van der Waals surface area contributed by atoms with Gasteiger partial charge in [-0.3, -0.25) is 0 Å². The van der Waals surface area contributed by atoms with Gasteiger partial charge in [0.2, 0.25) is 0 Å². The Morgan fingerprint density at radius 2 is 2.20 bits per heavy atom. The molecule has 2 rings (SSSR count). The van der Waals surface area contributed by atoms with Crippen LogP contribution in [0, 0.1) is 5.92 Å². The molecule has 0 aliphatic carbocycles. The first-order valence-electron chi connectivity index (χ1n) is 7.83. The Hall–Kier alpha value is -0.380. The van der Waals surface area contributed by atoms with E-state index in [0.29, 0.717) is 12.1 Å². The molecule has 0 radical (unpaired) electrons. The predicted molar refractivity (Wildman–Crippen MR) is 90.0 cm³/mol. The van der Waals surface area contributed by atoms with Gasteiger partial charge in [0.05, 0.1) is 0 Å². The first-order valence-corrected chi connectivity index (χ1v) is 8.62. The summed E-state index contributed by atoms with van der Waals surface area (Å²) in [6.07, 6.45) is 2.47. The van der Waals surface area contributed by atoms with Crippen LogP contribution in [-0.2, 0) is 0 Å². The van der Waals surface area contributed by atoms with Gasteiger partial charge >= 0.3 is 0 Å². The van der Waals surface area contributed by atoms with E-state index >= 15 is 0 Å². The summed E-state index contributed by atoms with van der Waals surface area (Å²) in [4.78, 5) is 2.59. The molecule has 1 heterocycles. The largest absolute Gasteiger partial charge is 0.310 e. The van der Waals surface area contributed by atoms with Gasteiger partial charge in [-0.25, -0.2) is 0 Å².